The smallest absolute Gasteiger partial charge is 0.373 e. The monoisotopic (exact) mass is 326 g/mol. The summed E-state index contributed by atoms with van der Waals surface area (Å²) in [5.74, 6) is -0.281. The molecule has 126 valence electrons. The number of carbonyl (C=O) groups is 1. The zero-order chi connectivity index (χ0) is 17.4. The van der Waals surface area contributed by atoms with Crippen molar-refractivity contribution in [1.29, 1.82) is 0 Å². The minimum atomic E-state index is -0.467. The van der Waals surface area contributed by atoms with Gasteiger partial charge in [-0.15, -0.1) is 0 Å². The van der Waals surface area contributed by atoms with Crippen LogP contribution in [0.2, 0.25) is 0 Å². The summed E-state index contributed by atoms with van der Waals surface area (Å²) in [7, 11) is 1.88. The molecule has 0 saturated carbocycles. The van der Waals surface area contributed by atoms with Gasteiger partial charge in [-0.25, -0.2) is 4.79 Å². The molecule has 1 heterocycles. The Morgan fingerprint density at radius 3 is 2.58 bits per heavy atom. The number of nitrogens with zero attached hydrogens (tertiary/aromatic N) is 1. The highest BCUT2D eigenvalue weighted by Crippen LogP contribution is 2.21. The SMILES string of the molecule is CCOC(=O)/C(=C/c1ccc(-c2cccc(NC)c2)nc1)OCC. The first-order valence-corrected chi connectivity index (χ1v) is 7.93. The number of nitrogens with one attached hydrogen (secondary N) is 1. The highest BCUT2D eigenvalue weighted by molar-refractivity contribution is 5.91. The van der Waals surface area contributed by atoms with E-state index in [4.69, 9.17) is 9.47 Å². The molecular weight excluding hydrogens is 304 g/mol. The van der Waals surface area contributed by atoms with Crippen molar-refractivity contribution in [2.75, 3.05) is 25.6 Å². The summed E-state index contributed by atoms with van der Waals surface area (Å²) in [4.78, 5) is 16.3. The van der Waals surface area contributed by atoms with Crippen molar-refractivity contribution in [1.82, 2.24) is 4.98 Å². The molecule has 1 aromatic heterocycles. The van der Waals surface area contributed by atoms with Gasteiger partial charge < -0.3 is 14.8 Å². The van der Waals surface area contributed by atoms with Gasteiger partial charge >= 0.3 is 5.97 Å². The third-order valence-electron chi connectivity index (χ3n) is 3.31. The van der Waals surface area contributed by atoms with E-state index in [1.54, 1.807) is 19.2 Å². The molecule has 0 amide bonds. The van der Waals surface area contributed by atoms with Crippen molar-refractivity contribution in [2.24, 2.45) is 0 Å². The highest BCUT2D eigenvalue weighted by atomic mass is 16.6. The first-order valence-electron chi connectivity index (χ1n) is 7.93. The maximum Gasteiger partial charge on any atom is 0.373 e. The summed E-state index contributed by atoms with van der Waals surface area (Å²) in [6.45, 7) is 4.29. The Bertz CT molecular complexity index is 709. The summed E-state index contributed by atoms with van der Waals surface area (Å²) in [6.07, 6.45) is 3.35. The van der Waals surface area contributed by atoms with E-state index in [0.29, 0.717) is 13.2 Å². The molecule has 0 radical (unpaired) electrons. The van der Waals surface area contributed by atoms with Crippen LogP contribution < -0.4 is 5.32 Å². The number of ether oxygens (including phenoxy) is 2. The molecule has 5 heteroatoms. The zero-order valence-electron chi connectivity index (χ0n) is 14.2. The minimum absolute atomic E-state index is 0.186. The van der Waals surface area contributed by atoms with Crippen molar-refractivity contribution >= 4 is 17.7 Å². The number of benzene rings is 1. The van der Waals surface area contributed by atoms with Crippen LogP contribution in [0.15, 0.2) is 48.4 Å². The molecule has 2 aromatic rings. The first-order chi connectivity index (χ1) is 11.7. The average molecular weight is 326 g/mol. The quantitative estimate of drug-likeness (QED) is 0.477. The van der Waals surface area contributed by atoms with Gasteiger partial charge in [0.25, 0.3) is 0 Å². The molecule has 0 aliphatic heterocycles. The number of aromatic nitrogens is 1. The van der Waals surface area contributed by atoms with Gasteiger partial charge in [0.15, 0.2) is 0 Å². The lowest BCUT2D eigenvalue weighted by Gasteiger charge is -2.08. The van der Waals surface area contributed by atoms with Crippen molar-refractivity contribution in [3.8, 4) is 11.3 Å². The molecule has 0 unspecified atom stereocenters. The summed E-state index contributed by atoms with van der Waals surface area (Å²) >= 11 is 0. The van der Waals surface area contributed by atoms with Crippen LogP contribution in [-0.2, 0) is 14.3 Å². The largest absolute Gasteiger partial charge is 0.487 e. The predicted molar refractivity (Wildman–Crippen MR) is 95.5 cm³/mol. The second-order valence-corrected chi connectivity index (χ2v) is 4.97. The third kappa shape index (κ3) is 4.59. The Labute approximate surface area is 142 Å². The second kappa shape index (κ2) is 8.72. The molecule has 0 spiro atoms. The summed E-state index contributed by atoms with van der Waals surface area (Å²) in [5.41, 5.74) is 3.69. The fourth-order valence-corrected chi connectivity index (χ4v) is 2.16. The van der Waals surface area contributed by atoms with E-state index in [-0.39, 0.29) is 5.76 Å². The maximum atomic E-state index is 11.9. The number of hydrogen-bond donors (Lipinski definition) is 1. The summed E-state index contributed by atoms with van der Waals surface area (Å²) in [6, 6.07) is 11.8. The molecule has 1 N–H and O–H groups in total. The van der Waals surface area contributed by atoms with Gasteiger partial charge in [0.2, 0.25) is 5.76 Å². The normalized spacial score (nSPS) is 11.0. The van der Waals surface area contributed by atoms with Gasteiger partial charge in [-0.05, 0) is 43.7 Å². The molecule has 2 rings (SSSR count). The van der Waals surface area contributed by atoms with Gasteiger partial charge in [-0.2, -0.15) is 0 Å². The lowest BCUT2D eigenvalue weighted by Crippen LogP contribution is -2.10. The van der Waals surface area contributed by atoms with Crippen LogP contribution in [0.1, 0.15) is 19.4 Å². The van der Waals surface area contributed by atoms with E-state index in [2.05, 4.69) is 10.3 Å². The first kappa shape index (κ1) is 17.5. The van der Waals surface area contributed by atoms with E-state index in [0.717, 1.165) is 22.5 Å². The van der Waals surface area contributed by atoms with E-state index in [9.17, 15) is 4.79 Å². The van der Waals surface area contributed by atoms with Gasteiger partial charge in [-0.3, -0.25) is 4.98 Å². The van der Waals surface area contributed by atoms with Crippen LogP contribution in [0.4, 0.5) is 5.69 Å². The average Bonchev–Trinajstić information content (AvgIpc) is 2.62. The zero-order valence-corrected chi connectivity index (χ0v) is 14.2. The van der Waals surface area contributed by atoms with Gasteiger partial charge in [0.05, 0.1) is 18.9 Å². The van der Waals surface area contributed by atoms with Crippen molar-refractivity contribution in [3.63, 3.8) is 0 Å². The molecule has 0 fully saturated rings. The Balaban J connectivity index is 2.23. The van der Waals surface area contributed by atoms with Crippen molar-refractivity contribution < 1.29 is 14.3 Å². The Kier molecular flexibility index (Phi) is 6.37. The van der Waals surface area contributed by atoms with E-state index >= 15 is 0 Å². The number of carbonyl (C=O) groups excluding carboxylic acids is 1. The fourth-order valence-electron chi connectivity index (χ4n) is 2.16. The lowest BCUT2D eigenvalue weighted by molar-refractivity contribution is -0.142. The number of anilines is 1. The molecule has 0 bridgehead atoms. The van der Waals surface area contributed by atoms with Crippen LogP contribution in [0.25, 0.3) is 17.3 Å². The van der Waals surface area contributed by atoms with Crippen LogP contribution in [-0.4, -0.2) is 31.2 Å². The standard InChI is InChI=1S/C19H22N2O3/c1-4-23-18(19(22)24-5-2)11-14-9-10-17(21-13-14)15-7-6-8-16(12-15)20-3/h6-13,20H,4-5H2,1-3H3/b18-11-. The lowest BCUT2D eigenvalue weighted by atomic mass is 10.1. The maximum absolute atomic E-state index is 11.9. The Hall–Kier alpha value is -2.82. The number of rotatable bonds is 7. The molecule has 24 heavy (non-hydrogen) atoms. The van der Waals surface area contributed by atoms with Gasteiger partial charge in [-0.1, -0.05) is 18.2 Å². The second-order valence-electron chi connectivity index (χ2n) is 4.97. The molecular formula is C19H22N2O3. The van der Waals surface area contributed by atoms with Crippen molar-refractivity contribution in [3.05, 3.63) is 53.9 Å². The van der Waals surface area contributed by atoms with E-state index < -0.39 is 5.97 Å². The molecule has 5 nitrogen and oxygen atoms in total. The number of esters is 1. The van der Waals surface area contributed by atoms with Crippen LogP contribution >= 0.6 is 0 Å². The molecule has 0 aliphatic carbocycles. The topological polar surface area (TPSA) is 60.5 Å². The predicted octanol–water partition coefficient (Wildman–Crippen LogP) is 3.73. The Morgan fingerprint density at radius 1 is 1.17 bits per heavy atom. The summed E-state index contributed by atoms with van der Waals surface area (Å²) < 4.78 is 10.3. The van der Waals surface area contributed by atoms with E-state index in [1.165, 1.54) is 0 Å². The minimum Gasteiger partial charge on any atom is -0.487 e. The highest BCUT2D eigenvalue weighted by Gasteiger charge is 2.11. The van der Waals surface area contributed by atoms with E-state index in [1.807, 2.05) is 50.4 Å². The van der Waals surface area contributed by atoms with Crippen LogP contribution in [0, 0.1) is 0 Å². The van der Waals surface area contributed by atoms with Gasteiger partial charge in [0, 0.05) is 24.5 Å². The molecule has 0 saturated heterocycles. The Morgan fingerprint density at radius 2 is 1.96 bits per heavy atom. The third-order valence-corrected chi connectivity index (χ3v) is 3.31. The molecule has 0 aliphatic rings. The molecule has 1 aromatic carbocycles. The number of pyridine rings is 1. The van der Waals surface area contributed by atoms with Crippen LogP contribution in [0.3, 0.4) is 0 Å². The van der Waals surface area contributed by atoms with Crippen LogP contribution in [0.5, 0.6) is 0 Å². The number of hydrogen-bond acceptors (Lipinski definition) is 5. The summed E-state index contributed by atoms with van der Waals surface area (Å²) in [5, 5.41) is 3.11. The molecule has 0 atom stereocenters. The van der Waals surface area contributed by atoms with Gasteiger partial charge in [0.1, 0.15) is 0 Å². The van der Waals surface area contributed by atoms with Crippen molar-refractivity contribution in [2.45, 2.75) is 13.8 Å². The fraction of sp³-hybridized carbons (Fsp3) is 0.263.